The van der Waals surface area contributed by atoms with Crippen molar-refractivity contribution >= 4 is 10.0 Å². The van der Waals surface area contributed by atoms with Gasteiger partial charge in [0.1, 0.15) is 0 Å². The van der Waals surface area contributed by atoms with E-state index in [1.54, 1.807) is 20.0 Å². The van der Waals surface area contributed by atoms with E-state index in [2.05, 4.69) is 0 Å². The smallest absolute Gasteiger partial charge is 0.236 e. The largest absolute Gasteiger partial charge is 0.277 e. The Labute approximate surface area is 67.8 Å². The van der Waals surface area contributed by atoms with Gasteiger partial charge in [-0.3, -0.25) is 4.31 Å². The maximum Gasteiger partial charge on any atom is 0.236 e. The summed E-state index contributed by atoms with van der Waals surface area (Å²) in [5.74, 6) is 0. The van der Waals surface area contributed by atoms with Crippen molar-refractivity contribution in [3.8, 4) is 0 Å². The second-order valence-corrected chi connectivity index (χ2v) is 5.32. The second kappa shape index (κ2) is 2.85. The van der Waals surface area contributed by atoms with Crippen LogP contribution in [0.2, 0.25) is 0 Å². The van der Waals surface area contributed by atoms with Gasteiger partial charge in [-0.25, -0.2) is 8.42 Å². The molecule has 0 aromatic rings. The van der Waals surface area contributed by atoms with Gasteiger partial charge >= 0.3 is 0 Å². The first-order valence-electron chi connectivity index (χ1n) is 3.72. The Morgan fingerprint density at radius 1 is 1.45 bits per heavy atom. The van der Waals surface area contributed by atoms with E-state index < -0.39 is 10.0 Å². The molecule has 3 nitrogen and oxygen atoms in total. The topological polar surface area (TPSA) is 37.4 Å². The Morgan fingerprint density at radius 2 is 2.09 bits per heavy atom. The lowest BCUT2D eigenvalue weighted by molar-refractivity contribution is 0.508. The summed E-state index contributed by atoms with van der Waals surface area (Å²) in [7, 11) is -3.03. The first-order chi connectivity index (χ1) is 5.05. The lowest BCUT2D eigenvalue weighted by atomic mass is 10.5. The van der Waals surface area contributed by atoms with E-state index in [1.165, 1.54) is 4.31 Å². The third-order valence-electron chi connectivity index (χ3n) is 1.71. The molecule has 64 valence electrons. The van der Waals surface area contributed by atoms with Crippen LogP contribution in [0.3, 0.4) is 0 Å². The normalized spacial score (nSPS) is 18.3. The molecule has 1 aliphatic heterocycles. The zero-order valence-corrected chi connectivity index (χ0v) is 7.63. The van der Waals surface area contributed by atoms with Gasteiger partial charge in [0.15, 0.2) is 0 Å². The molecule has 11 heavy (non-hydrogen) atoms. The summed E-state index contributed by atoms with van der Waals surface area (Å²) in [4.78, 5) is 0. The van der Waals surface area contributed by atoms with Gasteiger partial charge in [0.25, 0.3) is 0 Å². The molecular weight excluding hydrogens is 162 g/mol. The first kappa shape index (κ1) is 8.59. The minimum absolute atomic E-state index is 0.315. The van der Waals surface area contributed by atoms with Gasteiger partial charge in [-0.05, 0) is 20.3 Å². The van der Waals surface area contributed by atoms with Crippen LogP contribution >= 0.6 is 0 Å². The molecule has 0 amide bonds. The molecule has 0 atom stereocenters. The van der Waals surface area contributed by atoms with Crippen LogP contribution in [0.4, 0.5) is 0 Å². The zero-order chi connectivity index (χ0) is 8.48. The molecule has 0 aliphatic carbocycles. The van der Waals surface area contributed by atoms with Gasteiger partial charge in [-0.15, -0.1) is 0 Å². The highest BCUT2D eigenvalue weighted by molar-refractivity contribution is 7.89. The summed E-state index contributed by atoms with van der Waals surface area (Å²) in [6.07, 6.45) is 4.36. The van der Waals surface area contributed by atoms with Crippen molar-refractivity contribution in [2.75, 3.05) is 6.54 Å². The molecule has 0 saturated heterocycles. The fourth-order valence-electron chi connectivity index (χ4n) is 0.951. The van der Waals surface area contributed by atoms with Gasteiger partial charge < -0.3 is 0 Å². The third kappa shape index (κ3) is 1.56. The average molecular weight is 175 g/mol. The van der Waals surface area contributed by atoms with E-state index in [9.17, 15) is 8.42 Å². The Hall–Kier alpha value is -0.510. The van der Waals surface area contributed by atoms with Gasteiger partial charge in [0, 0.05) is 12.7 Å². The minimum atomic E-state index is -3.03. The maximum absolute atomic E-state index is 11.4. The molecule has 0 fully saturated rings. The van der Waals surface area contributed by atoms with E-state index in [0.717, 1.165) is 6.42 Å². The Bertz CT molecular complexity index is 254. The van der Waals surface area contributed by atoms with Gasteiger partial charge in [-0.1, -0.05) is 6.08 Å². The fourth-order valence-corrected chi connectivity index (χ4v) is 2.11. The van der Waals surface area contributed by atoms with E-state index in [0.29, 0.717) is 6.54 Å². The van der Waals surface area contributed by atoms with Crippen LogP contribution < -0.4 is 0 Å². The molecule has 0 bridgehead atoms. The van der Waals surface area contributed by atoms with Gasteiger partial charge in [0.2, 0.25) is 10.0 Å². The van der Waals surface area contributed by atoms with Crippen molar-refractivity contribution < 1.29 is 8.42 Å². The summed E-state index contributed by atoms with van der Waals surface area (Å²) in [6, 6.07) is 0. The lowest BCUT2D eigenvalue weighted by Crippen LogP contribution is -2.30. The molecule has 1 heterocycles. The Kier molecular flexibility index (Phi) is 2.23. The molecule has 0 radical (unpaired) electrons. The van der Waals surface area contributed by atoms with E-state index >= 15 is 0 Å². The van der Waals surface area contributed by atoms with Crippen LogP contribution in [0.25, 0.3) is 0 Å². The Morgan fingerprint density at radius 3 is 2.45 bits per heavy atom. The summed E-state index contributed by atoms with van der Waals surface area (Å²) < 4.78 is 24.2. The molecule has 0 unspecified atom stereocenters. The highest BCUT2D eigenvalue weighted by Crippen LogP contribution is 2.14. The number of sulfonamides is 1. The average Bonchev–Trinajstić information content (AvgIpc) is 2.37. The molecular formula is C7H13NO2S. The minimum Gasteiger partial charge on any atom is -0.277 e. The van der Waals surface area contributed by atoms with Gasteiger partial charge in [0.05, 0.1) is 5.25 Å². The van der Waals surface area contributed by atoms with Crippen LogP contribution in [0.5, 0.6) is 0 Å². The standard InChI is InChI=1S/C7H13NO2S/c1-7(2)11(9,10)8-5-3-4-6-8/h3,5,7H,4,6H2,1-2H3. The van der Waals surface area contributed by atoms with Crippen molar-refractivity contribution in [3.63, 3.8) is 0 Å². The van der Waals surface area contributed by atoms with E-state index in [1.807, 2.05) is 6.08 Å². The predicted molar refractivity (Wildman–Crippen MR) is 44.5 cm³/mol. The number of hydrogen-bond acceptors (Lipinski definition) is 2. The summed E-state index contributed by atoms with van der Waals surface area (Å²) in [5, 5.41) is -0.315. The number of hydrogen-bond donors (Lipinski definition) is 0. The molecule has 0 saturated carbocycles. The maximum atomic E-state index is 11.4. The quantitative estimate of drug-likeness (QED) is 0.626. The monoisotopic (exact) mass is 175 g/mol. The summed E-state index contributed by atoms with van der Waals surface area (Å²) >= 11 is 0. The van der Waals surface area contributed by atoms with E-state index in [-0.39, 0.29) is 5.25 Å². The second-order valence-electron chi connectivity index (χ2n) is 2.88. The van der Waals surface area contributed by atoms with Crippen molar-refractivity contribution in [2.45, 2.75) is 25.5 Å². The van der Waals surface area contributed by atoms with Crippen LogP contribution in [0.15, 0.2) is 12.3 Å². The number of rotatable bonds is 2. The molecule has 0 spiro atoms. The summed E-state index contributed by atoms with van der Waals surface area (Å²) in [6.45, 7) is 4.00. The molecule has 0 aromatic carbocycles. The highest BCUT2D eigenvalue weighted by atomic mass is 32.2. The SMILES string of the molecule is CC(C)S(=O)(=O)N1C=CCC1. The highest BCUT2D eigenvalue weighted by Gasteiger charge is 2.23. The Balaban J connectivity index is 2.81. The number of nitrogens with zero attached hydrogens (tertiary/aromatic N) is 1. The molecule has 0 aromatic heterocycles. The van der Waals surface area contributed by atoms with Crippen molar-refractivity contribution in [3.05, 3.63) is 12.3 Å². The van der Waals surface area contributed by atoms with Crippen LogP contribution in [0.1, 0.15) is 20.3 Å². The van der Waals surface area contributed by atoms with Crippen molar-refractivity contribution in [2.24, 2.45) is 0 Å². The molecule has 1 aliphatic rings. The molecule has 1 rings (SSSR count). The van der Waals surface area contributed by atoms with Crippen LogP contribution in [-0.4, -0.2) is 24.5 Å². The van der Waals surface area contributed by atoms with E-state index in [4.69, 9.17) is 0 Å². The molecule has 0 N–H and O–H groups in total. The first-order valence-corrected chi connectivity index (χ1v) is 5.23. The summed E-state index contributed by atoms with van der Waals surface area (Å²) in [5.41, 5.74) is 0. The van der Waals surface area contributed by atoms with Crippen LogP contribution in [0, 0.1) is 0 Å². The fraction of sp³-hybridized carbons (Fsp3) is 0.714. The lowest BCUT2D eigenvalue weighted by Gasteiger charge is -2.18. The van der Waals surface area contributed by atoms with Crippen molar-refractivity contribution in [1.82, 2.24) is 4.31 Å². The predicted octanol–water partition coefficient (Wildman–Crippen LogP) is 0.944. The van der Waals surface area contributed by atoms with Gasteiger partial charge in [-0.2, -0.15) is 0 Å². The zero-order valence-electron chi connectivity index (χ0n) is 6.82. The van der Waals surface area contributed by atoms with Crippen molar-refractivity contribution in [1.29, 1.82) is 0 Å². The molecule has 4 heteroatoms. The van der Waals surface area contributed by atoms with Crippen LogP contribution in [-0.2, 0) is 10.0 Å². The third-order valence-corrected chi connectivity index (χ3v) is 3.86.